The fourth-order valence-electron chi connectivity index (χ4n) is 1.82. The predicted octanol–water partition coefficient (Wildman–Crippen LogP) is 5.86. The molecule has 0 spiro atoms. The topological polar surface area (TPSA) is 35.5 Å². The SMILES string of the molecule is CC(Cl)c1ccc(OC(=O)Oc2ccc(C(C)Cl)cc2)cc1. The van der Waals surface area contributed by atoms with Gasteiger partial charge in [0.05, 0.1) is 10.8 Å². The molecule has 116 valence electrons. The van der Waals surface area contributed by atoms with Gasteiger partial charge in [0.1, 0.15) is 11.5 Å². The highest BCUT2D eigenvalue weighted by molar-refractivity contribution is 6.20. The summed E-state index contributed by atoms with van der Waals surface area (Å²) in [5.41, 5.74) is 1.90. The van der Waals surface area contributed by atoms with Crippen molar-refractivity contribution in [3.8, 4) is 11.5 Å². The number of hydrogen-bond acceptors (Lipinski definition) is 3. The first kappa shape index (κ1) is 16.7. The first-order valence-corrected chi connectivity index (χ1v) is 7.70. The second kappa shape index (κ2) is 7.52. The molecule has 2 aromatic rings. The lowest BCUT2D eigenvalue weighted by Gasteiger charge is -2.08. The molecule has 0 aliphatic rings. The fourth-order valence-corrected chi connectivity index (χ4v) is 2.11. The number of carbonyl (C=O) groups is 1. The van der Waals surface area contributed by atoms with Gasteiger partial charge in [-0.15, -0.1) is 23.2 Å². The van der Waals surface area contributed by atoms with Gasteiger partial charge in [0.25, 0.3) is 0 Å². The molecule has 0 heterocycles. The van der Waals surface area contributed by atoms with Crippen molar-refractivity contribution in [1.82, 2.24) is 0 Å². The summed E-state index contributed by atoms with van der Waals surface area (Å²) in [5.74, 6) is 0.800. The molecule has 3 nitrogen and oxygen atoms in total. The molecule has 0 amide bonds. The summed E-state index contributed by atoms with van der Waals surface area (Å²) in [7, 11) is 0. The van der Waals surface area contributed by atoms with E-state index in [1.165, 1.54) is 0 Å². The Bertz CT molecular complexity index is 564. The van der Waals surface area contributed by atoms with Gasteiger partial charge in [-0.3, -0.25) is 0 Å². The third-order valence-electron chi connectivity index (χ3n) is 3.08. The van der Waals surface area contributed by atoms with E-state index in [2.05, 4.69) is 0 Å². The summed E-state index contributed by atoms with van der Waals surface area (Å²) in [6, 6.07) is 13.9. The van der Waals surface area contributed by atoms with E-state index in [0.29, 0.717) is 11.5 Å². The molecular weight excluding hydrogens is 323 g/mol. The van der Waals surface area contributed by atoms with Gasteiger partial charge < -0.3 is 9.47 Å². The monoisotopic (exact) mass is 338 g/mol. The molecule has 2 rings (SSSR count). The Labute approximate surface area is 139 Å². The van der Waals surface area contributed by atoms with Gasteiger partial charge in [-0.2, -0.15) is 0 Å². The molecule has 0 aromatic heterocycles. The number of ether oxygens (including phenoxy) is 2. The number of alkyl halides is 2. The van der Waals surface area contributed by atoms with Crippen LogP contribution in [-0.4, -0.2) is 6.16 Å². The van der Waals surface area contributed by atoms with Crippen molar-refractivity contribution in [2.24, 2.45) is 0 Å². The zero-order valence-electron chi connectivity index (χ0n) is 12.3. The van der Waals surface area contributed by atoms with E-state index < -0.39 is 6.16 Å². The summed E-state index contributed by atoms with van der Waals surface area (Å²) < 4.78 is 10.2. The van der Waals surface area contributed by atoms with Gasteiger partial charge in [-0.05, 0) is 49.2 Å². The van der Waals surface area contributed by atoms with Crippen LogP contribution in [0, 0.1) is 0 Å². The van der Waals surface area contributed by atoms with E-state index in [1.807, 2.05) is 13.8 Å². The number of carbonyl (C=O) groups excluding carboxylic acids is 1. The van der Waals surface area contributed by atoms with Crippen molar-refractivity contribution >= 4 is 29.4 Å². The number of hydrogen-bond donors (Lipinski definition) is 0. The Morgan fingerprint density at radius 1 is 0.773 bits per heavy atom. The van der Waals surface area contributed by atoms with E-state index in [-0.39, 0.29) is 10.8 Å². The van der Waals surface area contributed by atoms with E-state index >= 15 is 0 Å². The van der Waals surface area contributed by atoms with Crippen LogP contribution in [0.2, 0.25) is 0 Å². The number of halogens is 2. The molecule has 0 saturated heterocycles. The van der Waals surface area contributed by atoms with Crippen LogP contribution in [0.4, 0.5) is 4.79 Å². The Kier molecular flexibility index (Phi) is 5.69. The molecule has 0 fully saturated rings. The van der Waals surface area contributed by atoms with Crippen molar-refractivity contribution in [3.05, 3.63) is 59.7 Å². The smallest absolute Gasteiger partial charge is 0.395 e. The molecule has 0 bridgehead atoms. The van der Waals surface area contributed by atoms with Crippen LogP contribution in [-0.2, 0) is 0 Å². The minimum absolute atomic E-state index is 0.0937. The molecular formula is C17H16Cl2O3. The molecule has 0 aliphatic heterocycles. The van der Waals surface area contributed by atoms with E-state index in [4.69, 9.17) is 32.7 Å². The van der Waals surface area contributed by atoms with Gasteiger partial charge in [-0.25, -0.2) is 4.79 Å². The van der Waals surface area contributed by atoms with E-state index in [9.17, 15) is 4.79 Å². The van der Waals surface area contributed by atoms with Crippen LogP contribution < -0.4 is 9.47 Å². The summed E-state index contributed by atoms with van der Waals surface area (Å²) in [5, 5.41) is -0.187. The Hall–Kier alpha value is -1.71. The Morgan fingerprint density at radius 2 is 1.09 bits per heavy atom. The van der Waals surface area contributed by atoms with Crippen molar-refractivity contribution in [3.63, 3.8) is 0 Å². The second-order valence-electron chi connectivity index (χ2n) is 4.82. The molecule has 0 N–H and O–H groups in total. The van der Waals surface area contributed by atoms with Crippen LogP contribution in [0.1, 0.15) is 35.7 Å². The Balaban J connectivity index is 1.94. The number of rotatable bonds is 4. The Morgan fingerprint density at radius 3 is 1.36 bits per heavy atom. The van der Waals surface area contributed by atoms with Crippen LogP contribution in [0.5, 0.6) is 11.5 Å². The lowest BCUT2D eigenvalue weighted by atomic mass is 10.2. The molecule has 22 heavy (non-hydrogen) atoms. The standard InChI is InChI=1S/C17H16Cl2O3/c1-11(18)13-3-7-15(8-4-13)21-17(20)22-16-9-5-14(6-10-16)12(2)19/h3-12H,1-2H3. The fraction of sp³-hybridized carbons (Fsp3) is 0.235. The first-order chi connectivity index (χ1) is 10.5. The van der Waals surface area contributed by atoms with Crippen molar-refractivity contribution in [2.45, 2.75) is 24.6 Å². The van der Waals surface area contributed by atoms with E-state index in [1.54, 1.807) is 48.5 Å². The molecule has 5 heteroatoms. The molecule has 0 saturated carbocycles. The third-order valence-corrected chi connectivity index (χ3v) is 3.59. The van der Waals surface area contributed by atoms with Crippen LogP contribution in [0.15, 0.2) is 48.5 Å². The van der Waals surface area contributed by atoms with E-state index in [0.717, 1.165) is 11.1 Å². The lowest BCUT2D eigenvalue weighted by molar-refractivity contribution is 0.152. The average molecular weight is 339 g/mol. The minimum atomic E-state index is -0.793. The van der Waals surface area contributed by atoms with Gasteiger partial charge in [0, 0.05) is 0 Å². The average Bonchev–Trinajstić information content (AvgIpc) is 2.48. The quantitative estimate of drug-likeness (QED) is 0.397. The van der Waals surface area contributed by atoms with Crippen LogP contribution in [0.25, 0.3) is 0 Å². The highest BCUT2D eigenvalue weighted by atomic mass is 35.5. The maximum absolute atomic E-state index is 11.7. The molecule has 2 unspecified atom stereocenters. The summed E-state index contributed by atoms with van der Waals surface area (Å²) in [4.78, 5) is 11.7. The molecule has 2 aromatic carbocycles. The normalized spacial score (nSPS) is 13.3. The lowest BCUT2D eigenvalue weighted by Crippen LogP contribution is -2.13. The van der Waals surface area contributed by atoms with Gasteiger partial charge in [0.15, 0.2) is 0 Å². The van der Waals surface area contributed by atoms with Crippen molar-refractivity contribution in [2.75, 3.05) is 0 Å². The van der Waals surface area contributed by atoms with Crippen molar-refractivity contribution < 1.29 is 14.3 Å². The van der Waals surface area contributed by atoms with Gasteiger partial charge in [-0.1, -0.05) is 24.3 Å². The highest BCUT2D eigenvalue weighted by Crippen LogP contribution is 2.24. The zero-order chi connectivity index (χ0) is 16.1. The molecule has 0 radical (unpaired) electrons. The largest absolute Gasteiger partial charge is 0.519 e. The maximum atomic E-state index is 11.7. The summed E-state index contributed by atoms with van der Waals surface area (Å²) >= 11 is 11.9. The van der Waals surface area contributed by atoms with Crippen LogP contribution in [0.3, 0.4) is 0 Å². The van der Waals surface area contributed by atoms with Gasteiger partial charge >= 0.3 is 6.16 Å². The maximum Gasteiger partial charge on any atom is 0.519 e. The number of benzene rings is 2. The summed E-state index contributed by atoms with van der Waals surface area (Å²) in [6.45, 7) is 3.74. The first-order valence-electron chi connectivity index (χ1n) is 6.83. The second-order valence-corrected chi connectivity index (χ2v) is 6.13. The third kappa shape index (κ3) is 4.65. The zero-order valence-corrected chi connectivity index (χ0v) is 13.8. The minimum Gasteiger partial charge on any atom is -0.395 e. The predicted molar refractivity (Wildman–Crippen MR) is 88.1 cm³/mol. The molecule has 2 atom stereocenters. The molecule has 0 aliphatic carbocycles. The summed E-state index contributed by atoms with van der Waals surface area (Å²) in [6.07, 6.45) is -0.793. The van der Waals surface area contributed by atoms with Gasteiger partial charge in [0.2, 0.25) is 0 Å². The van der Waals surface area contributed by atoms with Crippen molar-refractivity contribution in [1.29, 1.82) is 0 Å². The van der Waals surface area contributed by atoms with Crippen LogP contribution >= 0.6 is 23.2 Å². The highest BCUT2D eigenvalue weighted by Gasteiger charge is 2.09.